The van der Waals surface area contributed by atoms with E-state index in [4.69, 9.17) is 9.84 Å². The van der Waals surface area contributed by atoms with Gasteiger partial charge in [-0.05, 0) is 7.05 Å². The van der Waals surface area contributed by atoms with Gasteiger partial charge in [0.1, 0.15) is 6.42 Å². The molecule has 86 valence electrons. The number of nitrogens with one attached hydrogen (secondary N) is 1. The van der Waals surface area contributed by atoms with Crippen LogP contribution in [0.5, 0.6) is 0 Å². The molecule has 1 saturated heterocycles. The van der Waals surface area contributed by atoms with Gasteiger partial charge in [-0.3, -0.25) is 9.59 Å². The minimum atomic E-state index is -1.12. The summed E-state index contributed by atoms with van der Waals surface area (Å²) in [6.45, 7) is 2.67. The first-order valence-electron chi connectivity index (χ1n) is 4.86. The number of morpholine rings is 1. The largest absolute Gasteiger partial charge is 0.481 e. The standard InChI is InChI=1S/C9H16N2O4/c1-11-2-3-15-7(6-11)5-10-8(12)4-9(13)14/h7H,2-6H2,1H3,(H,10,12)(H,13,14). The Bertz CT molecular complexity index is 244. The Balaban J connectivity index is 2.18. The van der Waals surface area contributed by atoms with Crippen LogP contribution in [0, 0.1) is 0 Å². The maximum absolute atomic E-state index is 11.0. The van der Waals surface area contributed by atoms with E-state index in [9.17, 15) is 9.59 Å². The van der Waals surface area contributed by atoms with E-state index in [1.807, 2.05) is 7.05 Å². The second-order valence-corrected chi connectivity index (χ2v) is 3.63. The lowest BCUT2D eigenvalue weighted by molar-refractivity contribution is -0.141. The van der Waals surface area contributed by atoms with Crippen molar-refractivity contribution in [2.75, 3.05) is 33.3 Å². The number of carbonyl (C=O) groups is 2. The highest BCUT2D eigenvalue weighted by molar-refractivity contribution is 5.93. The van der Waals surface area contributed by atoms with Gasteiger partial charge in [0.2, 0.25) is 5.91 Å². The van der Waals surface area contributed by atoms with Gasteiger partial charge in [-0.1, -0.05) is 0 Å². The van der Waals surface area contributed by atoms with Crippen molar-refractivity contribution in [2.24, 2.45) is 0 Å². The summed E-state index contributed by atoms with van der Waals surface area (Å²) in [5.41, 5.74) is 0. The van der Waals surface area contributed by atoms with E-state index >= 15 is 0 Å². The third kappa shape index (κ3) is 4.75. The number of carboxylic acids is 1. The zero-order valence-electron chi connectivity index (χ0n) is 8.73. The molecule has 1 aliphatic rings. The fraction of sp³-hybridized carbons (Fsp3) is 0.778. The summed E-state index contributed by atoms with van der Waals surface area (Å²) in [7, 11) is 1.98. The highest BCUT2D eigenvalue weighted by atomic mass is 16.5. The fourth-order valence-electron chi connectivity index (χ4n) is 1.42. The van der Waals surface area contributed by atoms with Gasteiger partial charge in [0.15, 0.2) is 0 Å². The van der Waals surface area contributed by atoms with Crippen LogP contribution in [0.25, 0.3) is 0 Å². The Hall–Kier alpha value is -1.14. The molecule has 1 fully saturated rings. The van der Waals surface area contributed by atoms with Gasteiger partial charge >= 0.3 is 5.97 Å². The molecular formula is C9H16N2O4. The molecular weight excluding hydrogens is 200 g/mol. The predicted molar refractivity (Wildman–Crippen MR) is 52.5 cm³/mol. The van der Waals surface area contributed by atoms with E-state index in [0.717, 1.165) is 13.1 Å². The average Bonchev–Trinajstić information content (AvgIpc) is 2.14. The van der Waals surface area contributed by atoms with Crippen molar-refractivity contribution >= 4 is 11.9 Å². The third-order valence-electron chi connectivity index (χ3n) is 2.18. The molecule has 0 radical (unpaired) electrons. The maximum Gasteiger partial charge on any atom is 0.312 e. The number of nitrogens with zero attached hydrogens (tertiary/aromatic N) is 1. The van der Waals surface area contributed by atoms with E-state index in [-0.39, 0.29) is 6.10 Å². The van der Waals surface area contributed by atoms with Gasteiger partial charge in [0, 0.05) is 19.6 Å². The van der Waals surface area contributed by atoms with Crippen LogP contribution < -0.4 is 5.32 Å². The van der Waals surface area contributed by atoms with Gasteiger partial charge in [0.05, 0.1) is 12.7 Å². The van der Waals surface area contributed by atoms with Crippen molar-refractivity contribution < 1.29 is 19.4 Å². The van der Waals surface area contributed by atoms with Crippen LogP contribution in [0.2, 0.25) is 0 Å². The molecule has 1 amide bonds. The van der Waals surface area contributed by atoms with E-state index in [0.29, 0.717) is 13.2 Å². The normalized spacial score (nSPS) is 22.3. The summed E-state index contributed by atoms with van der Waals surface area (Å²) in [6.07, 6.45) is -0.524. The zero-order valence-corrected chi connectivity index (χ0v) is 8.73. The first kappa shape index (κ1) is 11.9. The number of aliphatic carboxylic acids is 1. The Labute approximate surface area is 88.2 Å². The fourth-order valence-corrected chi connectivity index (χ4v) is 1.42. The van der Waals surface area contributed by atoms with Crippen molar-refractivity contribution in [2.45, 2.75) is 12.5 Å². The second-order valence-electron chi connectivity index (χ2n) is 3.63. The van der Waals surface area contributed by atoms with Crippen molar-refractivity contribution in [1.29, 1.82) is 0 Å². The predicted octanol–water partition coefficient (Wildman–Crippen LogP) is -1.09. The van der Waals surface area contributed by atoms with Gasteiger partial charge in [-0.2, -0.15) is 0 Å². The Kier molecular flexibility index (Phi) is 4.51. The number of ether oxygens (including phenoxy) is 1. The maximum atomic E-state index is 11.0. The lowest BCUT2D eigenvalue weighted by Crippen LogP contribution is -2.46. The molecule has 0 aromatic carbocycles. The van der Waals surface area contributed by atoms with Crippen LogP contribution in [0.4, 0.5) is 0 Å². The molecule has 0 aliphatic carbocycles. The first-order chi connectivity index (χ1) is 7.08. The summed E-state index contributed by atoms with van der Waals surface area (Å²) in [5, 5.41) is 10.9. The van der Waals surface area contributed by atoms with E-state index in [2.05, 4.69) is 10.2 Å². The minimum Gasteiger partial charge on any atom is -0.481 e. The molecule has 0 spiro atoms. The van der Waals surface area contributed by atoms with Gasteiger partial charge < -0.3 is 20.1 Å². The topological polar surface area (TPSA) is 78.9 Å². The molecule has 1 heterocycles. The van der Waals surface area contributed by atoms with Gasteiger partial charge in [0.25, 0.3) is 0 Å². The molecule has 0 aromatic heterocycles. The van der Waals surface area contributed by atoms with Crippen molar-refractivity contribution in [3.63, 3.8) is 0 Å². The molecule has 1 atom stereocenters. The molecule has 2 N–H and O–H groups in total. The van der Waals surface area contributed by atoms with Crippen molar-refractivity contribution in [3.05, 3.63) is 0 Å². The number of rotatable bonds is 4. The van der Waals surface area contributed by atoms with Gasteiger partial charge in [-0.25, -0.2) is 0 Å². The Morgan fingerprint density at radius 3 is 2.93 bits per heavy atom. The lowest BCUT2D eigenvalue weighted by Gasteiger charge is -2.30. The molecule has 6 heteroatoms. The summed E-state index contributed by atoms with van der Waals surface area (Å²) < 4.78 is 5.40. The van der Waals surface area contributed by atoms with Crippen LogP contribution in [-0.4, -0.2) is 61.3 Å². The van der Waals surface area contributed by atoms with E-state index in [1.54, 1.807) is 0 Å². The highest BCUT2D eigenvalue weighted by Gasteiger charge is 2.18. The number of hydrogen-bond donors (Lipinski definition) is 2. The van der Waals surface area contributed by atoms with Crippen LogP contribution >= 0.6 is 0 Å². The molecule has 0 bridgehead atoms. The van der Waals surface area contributed by atoms with Crippen LogP contribution in [0.15, 0.2) is 0 Å². The molecule has 6 nitrogen and oxygen atoms in total. The quantitative estimate of drug-likeness (QED) is 0.584. The minimum absolute atomic E-state index is 0.0403. The van der Waals surface area contributed by atoms with E-state index in [1.165, 1.54) is 0 Å². The second kappa shape index (κ2) is 5.67. The number of hydrogen-bond acceptors (Lipinski definition) is 4. The van der Waals surface area contributed by atoms with Crippen LogP contribution in [0.3, 0.4) is 0 Å². The average molecular weight is 216 g/mol. The molecule has 15 heavy (non-hydrogen) atoms. The SMILES string of the molecule is CN1CCOC(CNC(=O)CC(=O)O)C1. The molecule has 0 saturated carbocycles. The Morgan fingerprint density at radius 1 is 1.60 bits per heavy atom. The summed E-state index contributed by atoms with van der Waals surface area (Å²) in [5.74, 6) is -1.59. The lowest BCUT2D eigenvalue weighted by atomic mass is 10.2. The number of carbonyl (C=O) groups excluding carboxylic acids is 1. The number of carboxylic acid groups (broad SMARTS) is 1. The molecule has 0 aromatic rings. The summed E-state index contributed by atoms with van der Waals surface area (Å²) >= 11 is 0. The van der Waals surface area contributed by atoms with Crippen LogP contribution in [0.1, 0.15) is 6.42 Å². The summed E-state index contributed by atoms with van der Waals surface area (Å²) in [6, 6.07) is 0. The Morgan fingerprint density at radius 2 is 2.33 bits per heavy atom. The smallest absolute Gasteiger partial charge is 0.312 e. The summed E-state index contributed by atoms with van der Waals surface area (Å²) in [4.78, 5) is 23.3. The third-order valence-corrected chi connectivity index (χ3v) is 2.18. The number of likely N-dealkylation sites (N-methyl/N-ethyl adjacent to an activating group) is 1. The number of amides is 1. The molecule has 1 unspecified atom stereocenters. The molecule has 1 rings (SSSR count). The van der Waals surface area contributed by atoms with Crippen LogP contribution in [-0.2, 0) is 14.3 Å². The highest BCUT2D eigenvalue weighted by Crippen LogP contribution is 2.01. The van der Waals surface area contributed by atoms with E-state index < -0.39 is 18.3 Å². The zero-order chi connectivity index (χ0) is 11.3. The van der Waals surface area contributed by atoms with Crippen molar-refractivity contribution in [3.8, 4) is 0 Å². The van der Waals surface area contributed by atoms with Gasteiger partial charge in [-0.15, -0.1) is 0 Å². The first-order valence-corrected chi connectivity index (χ1v) is 4.86. The molecule has 1 aliphatic heterocycles. The monoisotopic (exact) mass is 216 g/mol. The van der Waals surface area contributed by atoms with Crippen molar-refractivity contribution in [1.82, 2.24) is 10.2 Å².